The summed E-state index contributed by atoms with van der Waals surface area (Å²) in [4.78, 5) is 10.7. The number of benzene rings is 1. The van der Waals surface area contributed by atoms with Gasteiger partial charge in [-0.1, -0.05) is 18.2 Å². The third-order valence-electron chi connectivity index (χ3n) is 7.10. The standard InChI is InChI=1S/C24H26BN3O2S2/c1-23(2)24(3,4)30-25(29-23)16-13-32-20-15(12-31-21(16)20)14-8-9-17-18(11-14)27-22(26-17)19-7-6-10-28(19)5/h6-9,11-13,19H,10H2,1-5H3,(H,26,27). The van der Waals surface area contributed by atoms with Gasteiger partial charge in [-0.15, -0.1) is 22.7 Å². The normalized spacial score (nSPS) is 22.7. The van der Waals surface area contributed by atoms with Gasteiger partial charge in [-0.05, 0) is 57.8 Å². The van der Waals surface area contributed by atoms with Crippen LogP contribution in [0.3, 0.4) is 0 Å². The molecule has 2 aliphatic heterocycles. The van der Waals surface area contributed by atoms with Crippen molar-refractivity contribution in [1.82, 2.24) is 14.9 Å². The molecule has 164 valence electrons. The van der Waals surface area contributed by atoms with Gasteiger partial charge >= 0.3 is 7.12 Å². The number of likely N-dealkylation sites (N-methyl/N-ethyl adjacent to an activating group) is 1. The molecule has 1 saturated heterocycles. The molecule has 0 amide bonds. The van der Waals surface area contributed by atoms with E-state index in [1.54, 1.807) is 22.7 Å². The summed E-state index contributed by atoms with van der Waals surface area (Å²) in [6.45, 7) is 9.36. The Labute approximate surface area is 196 Å². The van der Waals surface area contributed by atoms with Crippen LogP contribution in [0.25, 0.3) is 31.6 Å². The molecular formula is C24H26BN3O2S2. The number of nitrogens with one attached hydrogen (secondary N) is 1. The van der Waals surface area contributed by atoms with Crippen molar-refractivity contribution in [2.45, 2.75) is 44.9 Å². The topological polar surface area (TPSA) is 50.4 Å². The highest BCUT2D eigenvalue weighted by Crippen LogP contribution is 2.41. The Hall–Kier alpha value is -1.97. The van der Waals surface area contributed by atoms with Crippen molar-refractivity contribution < 1.29 is 9.31 Å². The van der Waals surface area contributed by atoms with Gasteiger partial charge in [0.25, 0.3) is 0 Å². The number of imidazole rings is 1. The van der Waals surface area contributed by atoms with Crippen LogP contribution in [-0.4, -0.2) is 46.8 Å². The highest BCUT2D eigenvalue weighted by atomic mass is 32.1. The molecule has 5 heterocycles. The number of hydrogen-bond donors (Lipinski definition) is 1. The molecule has 1 aromatic carbocycles. The molecule has 0 aliphatic carbocycles. The summed E-state index contributed by atoms with van der Waals surface area (Å²) in [5.41, 5.74) is 5.02. The van der Waals surface area contributed by atoms with Gasteiger partial charge in [0.1, 0.15) is 5.82 Å². The van der Waals surface area contributed by atoms with Crippen molar-refractivity contribution >= 4 is 55.7 Å². The predicted molar refractivity (Wildman–Crippen MR) is 135 cm³/mol. The van der Waals surface area contributed by atoms with Crippen LogP contribution >= 0.6 is 22.7 Å². The molecule has 0 bridgehead atoms. The number of fused-ring (bicyclic) bond motifs is 2. The fourth-order valence-corrected chi connectivity index (χ4v) is 6.86. The van der Waals surface area contributed by atoms with Crippen LogP contribution < -0.4 is 5.46 Å². The Morgan fingerprint density at radius 3 is 2.56 bits per heavy atom. The number of aromatic nitrogens is 2. The van der Waals surface area contributed by atoms with E-state index < -0.39 is 0 Å². The number of hydrogen-bond acceptors (Lipinski definition) is 6. The SMILES string of the molecule is CN1CC=CC1c1nc2ccc(-c3csc4c(B5OC(C)(C)C(C)(C)O5)csc34)cc2[nH]1. The zero-order valence-corrected chi connectivity index (χ0v) is 20.6. The van der Waals surface area contributed by atoms with E-state index in [1.807, 2.05) is 0 Å². The molecule has 1 fully saturated rings. The van der Waals surface area contributed by atoms with Gasteiger partial charge in [-0.3, -0.25) is 4.90 Å². The van der Waals surface area contributed by atoms with Gasteiger partial charge in [0.05, 0.1) is 33.0 Å². The number of nitrogens with zero attached hydrogens (tertiary/aromatic N) is 2. The number of rotatable bonds is 3. The van der Waals surface area contributed by atoms with E-state index in [-0.39, 0.29) is 24.4 Å². The van der Waals surface area contributed by atoms with E-state index in [4.69, 9.17) is 14.3 Å². The van der Waals surface area contributed by atoms with Crippen LogP contribution in [0.4, 0.5) is 0 Å². The second-order valence-electron chi connectivity index (χ2n) is 9.75. The molecule has 5 nitrogen and oxygen atoms in total. The summed E-state index contributed by atoms with van der Waals surface area (Å²) in [6.07, 6.45) is 4.41. The van der Waals surface area contributed by atoms with E-state index >= 15 is 0 Å². The molecule has 0 spiro atoms. The molecule has 4 aromatic rings. The minimum atomic E-state index is -0.335. The summed E-state index contributed by atoms with van der Waals surface area (Å²) < 4.78 is 15.2. The molecule has 6 rings (SSSR count). The average molecular weight is 463 g/mol. The Kier molecular flexibility index (Phi) is 4.52. The third kappa shape index (κ3) is 3.04. The number of aromatic amines is 1. The first-order chi connectivity index (χ1) is 15.2. The summed E-state index contributed by atoms with van der Waals surface area (Å²) >= 11 is 3.54. The zero-order chi connectivity index (χ0) is 22.3. The van der Waals surface area contributed by atoms with Crippen LogP contribution in [0.1, 0.15) is 39.6 Å². The van der Waals surface area contributed by atoms with E-state index in [0.29, 0.717) is 0 Å². The monoisotopic (exact) mass is 463 g/mol. The molecule has 0 radical (unpaired) electrons. The second kappa shape index (κ2) is 7.02. The second-order valence-corrected chi connectivity index (χ2v) is 11.5. The summed E-state index contributed by atoms with van der Waals surface area (Å²) in [5, 5.41) is 4.45. The Morgan fingerprint density at radius 2 is 1.84 bits per heavy atom. The fourth-order valence-electron chi connectivity index (χ4n) is 4.42. The number of H-pyrrole nitrogens is 1. The number of thiophene rings is 2. The maximum Gasteiger partial charge on any atom is 0.497 e. The Bertz CT molecular complexity index is 1350. The lowest BCUT2D eigenvalue weighted by molar-refractivity contribution is 0.00578. The van der Waals surface area contributed by atoms with Crippen LogP contribution in [-0.2, 0) is 9.31 Å². The van der Waals surface area contributed by atoms with Gasteiger partial charge in [-0.2, -0.15) is 0 Å². The van der Waals surface area contributed by atoms with Crippen molar-refractivity contribution in [2.75, 3.05) is 13.6 Å². The quantitative estimate of drug-likeness (QED) is 0.329. The Balaban J connectivity index is 1.36. The van der Waals surface area contributed by atoms with Gasteiger partial charge in [0.15, 0.2) is 0 Å². The van der Waals surface area contributed by atoms with Crippen molar-refractivity contribution in [2.24, 2.45) is 0 Å². The van der Waals surface area contributed by atoms with Gasteiger partial charge in [0.2, 0.25) is 0 Å². The third-order valence-corrected chi connectivity index (χ3v) is 9.29. The predicted octanol–water partition coefficient (Wildman–Crippen LogP) is 5.35. The minimum Gasteiger partial charge on any atom is -0.399 e. The van der Waals surface area contributed by atoms with Crippen LogP contribution in [0.5, 0.6) is 0 Å². The molecule has 1 unspecified atom stereocenters. The first kappa shape index (κ1) is 20.6. The lowest BCUT2D eigenvalue weighted by atomic mass is 9.81. The lowest BCUT2D eigenvalue weighted by Gasteiger charge is -2.32. The van der Waals surface area contributed by atoms with Crippen molar-refractivity contribution in [3.8, 4) is 11.1 Å². The zero-order valence-electron chi connectivity index (χ0n) is 18.9. The highest BCUT2D eigenvalue weighted by molar-refractivity contribution is 7.29. The van der Waals surface area contributed by atoms with Crippen LogP contribution in [0, 0.1) is 0 Å². The fraction of sp³-hybridized carbons (Fsp3) is 0.375. The highest BCUT2D eigenvalue weighted by Gasteiger charge is 2.52. The molecule has 1 N–H and O–H groups in total. The summed E-state index contributed by atoms with van der Waals surface area (Å²) in [6, 6.07) is 6.74. The van der Waals surface area contributed by atoms with E-state index in [2.05, 4.69) is 85.7 Å². The molecular weight excluding hydrogens is 437 g/mol. The first-order valence-corrected chi connectivity index (χ1v) is 12.7. The van der Waals surface area contributed by atoms with Gasteiger partial charge in [-0.25, -0.2) is 4.98 Å². The maximum absolute atomic E-state index is 6.32. The lowest BCUT2D eigenvalue weighted by Crippen LogP contribution is -2.41. The molecule has 0 saturated carbocycles. The molecule has 8 heteroatoms. The van der Waals surface area contributed by atoms with Gasteiger partial charge < -0.3 is 14.3 Å². The van der Waals surface area contributed by atoms with Crippen molar-refractivity contribution in [1.29, 1.82) is 0 Å². The van der Waals surface area contributed by atoms with E-state index in [0.717, 1.165) is 28.9 Å². The average Bonchev–Trinajstić information content (AvgIpc) is 3.50. The largest absolute Gasteiger partial charge is 0.497 e. The van der Waals surface area contributed by atoms with Crippen LogP contribution in [0.2, 0.25) is 0 Å². The van der Waals surface area contributed by atoms with E-state index in [1.165, 1.54) is 20.5 Å². The molecule has 32 heavy (non-hydrogen) atoms. The van der Waals surface area contributed by atoms with Crippen molar-refractivity contribution in [3.63, 3.8) is 0 Å². The van der Waals surface area contributed by atoms with Gasteiger partial charge in [0, 0.05) is 27.7 Å². The van der Waals surface area contributed by atoms with Crippen LogP contribution in [0.15, 0.2) is 41.1 Å². The maximum atomic E-state index is 6.32. The summed E-state index contributed by atoms with van der Waals surface area (Å²) in [7, 11) is 1.80. The Morgan fingerprint density at radius 1 is 1.09 bits per heavy atom. The van der Waals surface area contributed by atoms with E-state index in [9.17, 15) is 0 Å². The molecule has 3 aromatic heterocycles. The minimum absolute atomic E-state index is 0.221. The molecule has 1 atom stereocenters. The smallest absolute Gasteiger partial charge is 0.399 e. The summed E-state index contributed by atoms with van der Waals surface area (Å²) in [5.74, 6) is 1.00. The first-order valence-electron chi connectivity index (χ1n) is 10.9. The van der Waals surface area contributed by atoms with Crippen molar-refractivity contribution in [3.05, 3.63) is 46.9 Å². The molecule has 2 aliphatic rings.